The molecule has 0 aliphatic heterocycles. The number of rotatable bonds is 15. The molecule has 1 aliphatic carbocycles. The fourth-order valence-electron chi connectivity index (χ4n) is 2.87. The van der Waals surface area contributed by atoms with E-state index >= 15 is 0 Å². The molecular weight excluding hydrogens is 268 g/mol. The van der Waals surface area contributed by atoms with Crippen LogP contribution in [0.1, 0.15) is 103 Å². The van der Waals surface area contributed by atoms with Gasteiger partial charge in [-0.3, -0.25) is 4.79 Å². The first-order chi connectivity index (χ1) is 9.79. The van der Waals surface area contributed by atoms with Gasteiger partial charge in [0.25, 0.3) is 0 Å². The van der Waals surface area contributed by atoms with Crippen molar-refractivity contribution in [1.82, 2.24) is 0 Å². The summed E-state index contributed by atoms with van der Waals surface area (Å²) < 4.78 is 0. The second-order valence-corrected chi connectivity index (χ2v) is 7.00. The molecule has 1 rings (SSSR count). The molecule has 1 nitrogen and oxygen atoms in total. The van der Waals surface area contributed by atoms with Crippen LogP contribution >= 0.6 is 11.6 Å². The van der Waals surface area contributed by atoms with Crippen LogP contribution in [0, 0.1) is 5.92 Å². The maximum Gasteiger partial charge on any atom is 0.221 e. The van der Waals surface area contributed by atoms with Crippen LogP contribution in [0.2, 0.25) is 0 Å². The van der Waals surface area contributed by atoms with E-state index in [-0.39, 0.29) is 5.24 Å². The summed E-state index contributed by atoms with van der Waals surface area (Å²) in [4.78, 5) is 10.5. The lowest BCUT2D eigenvalue weighted by Crippen LogP contribution is -1.86. The lowest BCUT2D eigenvalue weighted by atomic mass is 10.0. The molecule has 0 unspecified atom stereocenters. The van der Waals surface area contributed by atoms with Crippen LogP contribution in [0.5, 0.6) is 0 Å². The summed E-state index contributed by atoms with van der Waals surface area (Å²) >= 11 is 5.30. The van der Waals surface area contributed by atoms with Crippen molar-refractivity contribution in [2.24, 2.45) is 5.92 Å². The summed E-state index contributed by atoms with van der Waals surface area (Å²) in [5.74, 6) is 1.12. The minimum Gasteiger partial charge on any atom is -0.281 e. The summed E-state index contributed by atoms with van der Waals surface area (Å²) in [7, 11) is 0. The van der Waals surface area contributed by atoms with Gasteiger partial charge in [-0.1, -0.05) is 89.9 Å². The van der Waals surface area contributed by atoms with E-state index in [4.69, 9.17) is 11.6 Å². The van der Waals surface area contributed by atoms with Crippen molar-refractivity contribution in [2.75, 3.05) is 0 Å². The highest BCUT2D eigenvalue weighted by molar-refractivity contribution is 6.63. The Kier molecular flexibility index (Phi) is 11.4. The molecule has 20 heavy (non-hydrogen) atoms. The van der Waals surface area contributed by atoms with E-state index in [1.165, 1.54) is 89.9 Å². The van der Waals surface area contributed by atoms with Crippen LogP contribution in [0.15, 0.2) is 0 Å². The zero-order valence-electron chi connectivity index (χ0n) is 13.2. The Labute approximate surface area is 130 Å². The molecule has 0 heterocycles. The zero-order chi connectivity index (χ0) is 14.5. The van der Waals surface area contributed by atoms with E-state index in [2.05, 4.69) is 0 Å². The summed E-state index contributed by atoms with van der Waals surface area (Å²) in [6, 6.07) is 0. The first-order valence-corrected chi connectivity index (χ1v) is 9.35. The first-order valence-electron chi connectivity index (χ1n) is 8.97. The molecule has 0 aromatic heterocycles. The summed E-state index contributed by atoms with van der Waals surface area (Å²) in [5, 5.41) is -0.179. The van der Waals surface area contributed by atoms with Crippen molar-refractivity contribution < 1.29 is 4.79 Å². The van der Waals surface area contributed by atoms with Gasteiger partial charge in [0.2, 0.25) is 5.24 Å². The van der Waals surface area contributed by atoms with E-state index < -0.39 is 0 Å². The van der Waals surface area contributed by atoms with Crippen LogP contribution < -0.4 is 0 Å². The molecule has 0 radical (unpaired) electrons. The van der Waals surface area contributed by atoms with Crippen LogP contribution in [-0.4, -0.2) is 5.24 Å². The lowest BCUT2D eigenvalue weighted by Gasteiger charge is -2.03. The van der Waals surface area contributed by atoms with Gasteiger partial charge in [0.05, 0.1) is 0 Å². The fourth-order valence-corrected chi connectivity index (χ4v) is 3.00. The summed E-state index contributed by atoms with van der Waals surface area (Å²) in [5.41, 5.74) is 0. The number of unbranched alkanes of at least 4 members (excludes halogenated alkanes) is 11. The van der Waals surface area contributed by atoms with Crippen LogP contribution in [0.4, 0.5) is 0 Å². The topological polar surface area (TPSA) is 17.1 Å². The molecule has 0 spiro atoms. The highest BCUT2D eigenvalue weighted by atomic mass is 35.5. The molecule has 1 fully saturated rings. The van der Waals surface area contributed by atoms with Gasteiger partial charge in [0.1, 0.15) is 0 Å². The molecule has 0 N–H and O–H groups in total. The third kappa shape index (κ3) is 13.0. The summed E-state index contributed by atoms with van der Waals surface area (Å²) in [6.45, 7) is 0. The number of carbonyl (C=O) groups is 1. The average Bonchev–Trinajstić information content (AvgIpc) is 3.23. The predicted molar refractivity (Wildman–Crippen MR) is 88.2 cm³/mol. The Morgan fingerprint density at radius 3 is 1.50 bits per heavy atom. The second kappa shape index (κ2) is 12.7. The molecular formula is C18H33ClO. The third-order valence-corrected chi connectivity index (χ3v) is 4.62. The van der Waals surface area contributed by atoms with Crippen LogP contribution in [0.3, 0.4) is 0 Å². The first kappa shape index (κ1) is 18.0. The van der Waals surface area contributed by atoms with Crippen molar-refractivity contribution >= 4 is 16.8 Å². The second-order valence-electron chi connectivity index (χ2n) is 6.58. The van der Waals surface area contributed by atoms with Gasteiger partial charge in [-0.25, -0.2) is 0 Å². The molecule has 2 heteroatoms. The molecule has 118 valence electrons. The fraction of sp³-hybridized carbons (Fsp3) is 0.944. The molecule has 0 bridgehead atoms. The highest BCUT2D eigenvalue weighted by Gasteiger charge is 2.19. The Hall–Kier alpha value is -0.0400. The Balaban J connectivity index is 1.62. The third-order valence-electron chi connectivity index (χ3n) is 4.43. The minimum atomic E-state index is -0.179. The summed E-state index contributed by atoms with van der Waals surface area (Å²) in [6.07, 6.45) is 21.3. The molecule has 0 amide bonds. The maximum atomic E-state index is 10.5. The number of hydrogen-bond acceptors (Lipinski definition) is 1. The van der Waals surface area contributed by atoms with E-state index in [0.717, 1.165) is 12.3 Å². The molecule has 0 atom stereocenters. The van der Waals surface area contributed by atoms with Crippen LogP contribution in [-0.2, 0) is 4.79 Å². The maximum absolute atomic E-state index is 10.5. The van der Waals surface area contributed by atoms with Crippen molar-refractivity contribution in [3.8, 4) is 0 Å². The Bertz CT molecular complexity index is 236. The van der Waals surface area contributed by atoms with Gasteiger partial charge >= 0.3 is 0 Å². The molecule has 1 saturated carbocycles. The van der Waals surface area contributed by atoms with Crippen molar-refractivity contribution in [2.45, 2.75) is 103 Å². The van der Waals surface area contributed by atoms with E-state index in [0.29, 0.717) is 6.42 Å². The van der Waals surface area contributed by atoms with Gasteiger partial charge in [-0.05, 0) is 23.9 Å². The van der Waals surface area contributed by atoms with E-state index in [9.17, 15) is 4.79 Å². The van der Waals surface area contributed by atoms with Crippen molar-refractivity contribution in [3.63, 3.8) is 0 Å². The van der Waals surface area contributed by atoms with E-state index in [1.54, 1.807) is 0 Å². The smallest absolute Gasteiger partial charge is 0.221 e. The molecule has 1 aliphatic rings. The number of halogens is 1. The molecule has 0 aromatic carbocycles. The normalized spacial score (nSPS) is 14.7. The SMILES string of the molecule is O=C(Cl)CCCCCCCCCCCCCCC1CC1. The molecule has 0 saturated heterocycles. The van der Waals surface area contributed by atoms with Gasteiger partial charge in [-0.2, -0.15) is 0 Å². The standard InChI is InChI=1S/C18H33ClO/c19-18(20)14-12-10-8-6-4-2-1-3-5-7-9-11-13-17-15-16-17/h17H,1-16H2. The average molecular weight is 301 g/mol. The lowest BCUT2D eigenvalue weighted by molar-refractivity contribution is -0.111. The number of hydrogen-bond donors (Lipinski definition) is 0. The zero-order valence-corrected chi connectivity index (χ0v) is 13.9. The highest BCUT2D eigenvalue weighted by Crippen LogP contribution is 2.34. The minimum absolute atomic E-state index is 0.179. The van der Waals surface area contributed by atoms with Crippen molar-refractivity contribution in [1.29, 1.82) is 0 Å². The van der Waals surface area contributed by atoms with Gasteiger partial charge in [0, 0.05) is 6.42 Å². The Morgan fingerprint density at radius 2 is 1.10 bits per heavy atom. The Morgan fingerprint density at radius 1 is 0.700 bits per heavy atom. The monoisotopic (exact) mass is 300 g/mol. The number of carbonyl (C=O) groups excluding carboxylic acids is 1. The predicted octanol–water partition coefficient (Wildman–Crippen LogP) is 6.62. The van der Waals surface area contributed by atoms with Crippen LogP contribution in [0.25, 0.3) is 0 Å². The van der Waals surface area contributed by atoms with E-state index in [1.807, 2.05) is 0 Å². The van der Waals surface area contributed by atoms with Gasteiger partial charge in [0.15, 0.2) is 0 Å². The van der Waals surface area contributed by atoms with Crippen molar-refractivity contribution in [3.05, 3.63) is 0 Å². The van der Waals surface area contributed by atoms with Gasteiger partial charge in [-0.15, -0.1) is 0 Å². The quantitative estimate of drug-likeness (QED) is 0.245. The largest absolute Gasteiger partial charge is 0.281 e. The van der Waals surface area contributed by atoms with Gasteiger partial charge < -0.3 is 0 Å². The molecule has 0 aromatic rings.